The van der Waals surface area contributed by atoms with Crippen LogP contribution < -0.4 is 15.5 Å². The third-order valence-corrected chi connectivity index (χ3v) is 9.80. The first-order chi connectivity index (χ1) is 25.5. The zero-order valence-electron chi connectivity index (χ0n) is 28.9. The molecule has 6 aromatic rings. The van der Waals surface area contributed by atoms with Gasteiger partial charge < -0.3 is 14.9 Å². The molecular formula is C37H36F4N10O2. The van der Waals surface area contributed by atoms with Gasteiger partial charge in [0, 0.05) is 60.9 Å². The van der Waals surface area contributed by atoms with Crippen molar-refractivity contribution in [2.75, 3.05) is 36.0 Å². The van der Waals surface area contributed by atoms with E-state index in [-0.39, 0.29) is 11.7 Å². The highest BCUT2D eigenvalue weighted by Gasteiger charge is 2.58. The van der Waals surface area contributed by atoms with Crippen molar-refractivity contribution < 1.29 is 22.7 Å². The first kappa shape index (κ1) is 35.5. The van der Waals surface area contributed by atoms with Gasteiger partial charge in [-0.25, -0.2) is 27.5 Å². The van der Waals surface area contributed by atoms with E-state index in [1.165, 1.54) is 16.9 Å². The summed E-state index contributed by atoms with van der Waals surface area (Å²) in [6.45, 7) is 6.17. The van der Waals surface area contributed by atoms with E-state index < -0.39 is 41.0 Å². The van der Waals surface area contributed by atoms with Gasteiger partial charge in [-0.05, 0) is 83.9 Å². The first-order valence-corrected chi connectivity index (χ1v) is 17.1. The second-order valence-corrected chi connectivity index (χ2v) is 13.0. The van der Waals surface area contributed by atoms with Crippen molar-refractivity contribution >= 4 is 11.4 Å². The molecule has 2 atom stereocenters. The Labute approximate surface area is 301 Å². The Hall–Kier alpha value is -5.90. The van der Waals surface area contributed by atoms with Gasteiger partial charge in [-0.2, -0.15) is 13.9 Å². The normalized spacial score (nSPS) is 15.4. The van der Waals surface area contributed by atoms with Gasteiger partial charge in [0.1, 0.15) is 30.0 Å². The summed E-state index contributed by atoms with van der Waals surface area (Å²) in [5.41, 5.74) is -0.931. The number of pyridine rings is 1. The molecule has 0 saturated carbocycles. The number of anilines is 2. The molecule has 1 unspecified atom stereocenters. The Kier molecular flexibility index (Phi) is 9.55. The number of rotatable bonds is 11. The topological polar surface area (TPSA) is 123 Å². The fraction of sp³-hybridized carbons (Fsp3) is 0.297. The number of benzene rings is 3. The molecule has 16 heteroatoms. The lowest BCUT2D eigenvalue weighted by Gasteiger charge is -2.37. The second-order valence-electron chi connectivity index (χ2n) is 13.0. The molecule has 1 N–H and O–H groups in total. The van der Waals surface area contributed by atoms with Crippen molar-refractivity contribution in [2.45, 2.75) is 44.4 Å². The van der Waals surface area contributed by atoms with Gasteiger partial charge in [0.15, 0.2) is 5.60 Å². The molecule has 53 heavy (non-hydrogen) atoms. The number of aliphatic hydroxyl groups is 1. The predicted molar refractivity (Wildman–Crippen MR) is 189 cm³/mol. The Morgan fingerprint density at radius 3 is 2.02 bits per heavy atom. The van der Waals surface area contributed by atoms with Gasteiger partial charge >= 0.3 is 11.6 Å². The van der Waals surface area contributed by atoms with E-state index in [2.05, 4.69) is 35.4 Å². The third-order valence-electron chi connectivity index (χ3n) is 9.80. The summed E-state index contributed by atoms with van der Waals surface area (Å²) in [5.74, 6) is -6.49. The summed E-state index contributed by atoms with van der Waals surface area (Å²) < 4.78 is 64.7. The first-order valence-electron chi connectivity index (χ1n) is 17.1. The molecule has 7 rings (SSSR count). The van der Waals surface area contributed by atoms with Crippen LogP contribution in [-0.4, -0.2) is 70.8 Å². The van der Waals surface area contributed by atoms with E-state index in [1.54, 1.807) is 10.9 Å². The fourth-order valence-corrected chi connectivity index (χ4v) is 6.51. The molecule has 3 aromatic carbocycles. The monoisotopic (exact) mass is 728 g/mol. The number of aromatic nitrogens is 8. The average Bonchev–Trinajstić information content (AvgIpc) is 3.84. The summed E-state index contributed by atoms with van der Waals surface area (Å²) in [6.07, 6.45) is 4.63. The Balaban J connectivity index is 1.01. The Bertz CT molecular complexity index is 2220. The standard InChI is InChI=1S/C37H36F4N10O2/c1-3-25(2)51-35(52)50(24-44-51)31-12-10-30(11-13-31)48-18-16-47(17-19-48)29-8-4-26(5-9-29)27-6-15-34(42-21-27)37(40,41)36(53,22-49-23-43-45-46-49)32-14-7-28(38)20-33(32)39/h4-15,20-21,23-25,53H,3,16-19,22H2,1-2H3/t25?,36-/m0/s1. The lowest BCUT2D eigenvalue weighted by Crippen LogP contribution is -2.48. The molecule has 0 radical (unpaired) electrons. The molecule has 0 spiro atoms. The molecule has 1 fully saturated rings. The summed E-state index contributed by atoms with van der Waals surface area (Å²) >= 11 is 0. The summed E-state index contributed by atoms with van der Waals surface area (Å²) in [5, 5.41) is 26.0. The van der Waals surface area contributed by atoms with E-state index in [1.807, 2.05) is 62.4 Å². The van der Waals surface area contributed by atoms with Crippen LogP contribution in [0.15, 0.2) is 103 Å². The zero-order chi connectivity index (χ0) is 37.3. The van der Waals surface area contributed by atoms with Gasteiger partial charge in [-0.3, -0.25) is 4.98 Å². The van der Waals surface area contributed by atoms with Crippen molar-refractivity contribution in [2.24, 2.45) is 0 Å². The van der Waals surface area contributed by atoms with Crippen LogP contribution in [-0.2, 0) is 18.1 Å². The molecule has 0 bridgehead atoms. The third kappa shape index (κ3) is 6.77. The maximum absolute atomic E-state index is 16.2. The van der Waals surface area contributed by atoms with Crippen LogP contribution in [0.5, 0.6) is 0 Å². The maximum Gasteiger partial charge on any atom is 0.350 e. The molecule has 12 nitrogen and oxygen atoms in total. The number of hydrogen-bond donors (Lipinski definition) is 1. The van der Waals surface area contributed by atoms with E-state index in [0.717, 1.165) is 84.4 Å². The van der Waals surface area contributed by atoms with Gasteiger partial charge in [-0.1, -0.05) is 25.1 Å². The molecule has 1 aliphatic rings. The molecule has 4 heterocycles. The Morgan fingerprint density at radius 1 is 0.830 bits per heavy atom. The number of tetrazole rings is 1. The van der Waals surface area contributed by atoms with E-state index >= 15 is 8.78 Å². The largest absolute Gasteiger partial charge is 0.377 e. The highest BCUT2D eigenvalue weighted by Crippen LogP contribution is 2.47. The molecule has 1 aliphatic heterocycles. The quantitative estimate of drug-likeness (QED) is 0.176. The lowest BCUT2D eigenvalue weighted by molar-refractivity contribution is -0.207. The molecule has 1 saturated heterocycles. The van der Waals surface area contributed by atoms with Crippen molar-refractivity contribution in [3.8, 4) is 16.8 Å². The van der Waals surface area contributed by atoms with E-state index in [0.29, 0.717) is 11.6 Å². The van der Waals surface area contributed by atoms with Gasteiger partial charge in [0.25, 0.3) is 0 Å². The second kappa shape index (κ2) is 14.3. The lowest BCUT2D eigenvalue weighted by atomic mass is 9.84. The minimum absolute atomic E-state index is 0.0233. The van der Waals surface area contributed by atoms with Crippen molar-refractivity contribution in [1.82, 2.24) is 39.5 Å². The number of nitrogens with zero attached hydrogens (tertiary/aromatic N) is 10. The summed E-state index contributed by atoms with van der Waals surface area (Å²) in [4.78, 5) is 21.3. The fourth-order valence-electron chi connectivity index (χ4n) is 6.51. The van der Waals surface area contributed by atoms with E-state index in [4.69, 9.17) is 0 Å². The van der Waals surface area contributed by atoms with Crippen LogP contribution in [0.3, 0.4) is 0 Å². The van der Waals surface area contributed by atoms with Gasteiger partial charge in [-0.15, -0.1) is 5.10 Å². The molecule has 274 valence electrons. The van der Waals surface area contributed by atoms with Crippen molar-refractivity contribution in [3.05, 3.63) is 131 Å². The highest BCUT2D eigenvalue weighted by molar-refractivity contribution is 5.66. The molecule has 3 aromatic heterocycles. The van der Waals surface area contributed by atoms with Crippen molar-refractivity contribution in [3.63, 3.8) is 0 Å². The van der Waals surface area contributed by atoms with Crippen LogP contribution in [0.2, 0.25) is 0 Å². The minimum atomic E-state index is -4.15. The highest BCUT2D eigenvalue weighted by atomic mass is 19.3. The summed E-state index contributed by atoms with van der Waals surface area (Å²) in [6, 6.07) is 20.1. The zero-order valence-corrected chi connectivity index (χ0v) is 28.9. The van der Waals surface area contributed by atoms with Crippen LogP contribution in [0.25, 0.3) is 16.8 Å². The van der Waals surface area contributed by atoms with Crippen LogP contribution in [0, 0.1) is 11.6 Å². The molecular weight excluding hydrogens is 692 g/mol. The maximum atomic E-state index is 16.2. The number of alkyl halides is 2. The minimum Gasteiger partial charge on any atom is -0.377 e. The smallest absolute Gasteiger partial charge is 0.350 e. The SMILES string of the molecule is CCC(C)n1ncn(-c2ccc(N3CCN(c4ccc(-c5ccc(C(F)(F)[C@](O)(Cn6cnnn6)c6ccc(F)cc6F)nc5)cc4)CC3)cc2)c1=O. The molecule has 0 aliphatic carbocycles. The molecule has 0 amide bonds. The van der Waals surface area contributed by atoms with E-state index in [9.17, 15) is 18.7 Å². The average molecular weight is 729 g/mol. The van der Waals surface area contributed by atoms with Crippen LogP contribution >= 0.6 is 0 Å². The number of piperazine rings is 1. The van der Waals surface area contributed by atoms with Gasteiger partial charge in [0.05, 0.1) is 18.3 Å². The van der Waals surface area contributed by atoms with Gasteiger partial charge in [0.2, 0.25) is 0 Å². The van der Waals surface area contributed by atoms with Crippen LogP contribution in [0.4, 0.5) is 28.9 Å². The number of halogens is 4. The predicted octanol–water partition coefficient (Wildman–Crippen LogP) is 5.34. The van der Waals surface area contributed by atoms with Crippen molar-refractivity contribution in [1.29, 1.82) is 0 Å². The Morgan fingerprint density at radius 2 is 1.45 bits per heavy atom. The van der Waals surface area contributed by atoms with Crippen LogP contribution in [0.1, 0.15) is 37.6 Å². The number of hydrogen-bond acceptors (Lipinski definition) is 9. The summed E-state index contributed by atoms with van der Waals surface area (Å²) in [7, 11) is 0.